The summed E-state index contributed by atoms with van der Waals surface area (Å²) in [7, 11) is -1.03. The predicted octanol–water partition coefficient (Wildman–Crippen LogP) is 3.72. The monoisotopic (exact) mass is 559 g/mol. The van der Waals surface area contributed by atoms with Gasteiger partial charge in [0.25, 0.3) is 0 Å². The number of methoxy groups -OCH3 is 2. The molecule has 0 radical (unpaired) electrons. The van der Waals surface area contributed by atoms with Crippen LogP contribution in [-0.4, -0.2) is 64.7 Å². The highest BCUT2D eigenvalue weighted by Crippen LogP contribution is 2.33. The topological polar surface area (TPSA) is 105 Å². The SMILES string of the molecule is CCCNC(=O)[C@@H](C)N(Cc1c(Cl)cccc1Cl)C(=O)CN(c1ccc(OC)c(OC)c1)S(C)(=O)=O. The summed E-state index contributed by atoms with van der Waals surface area (Å²) in [6, 6.07) is 8.49. The van der Waals surface area contributed by atoms with Crippen LogP contribution < -0.4 is 19.1 Å². The first kappa shape index (κ1) is 29.5. The molecule has 0 aliphatic heterocycles. The number of nitrogens with one attached hydrogen (secondary N) is 1. The number of carbonyl (C=O) groups is 2. The molecule has 9 nitrogen and oxygen atoms in total. The quantitative estimate of drug-likeness (QED) is 0.425. The van der Waals surface area contributed by atoms with Gasteiger partial charge in [-0.3, -0.25) is 13.9 Å². The second-order valence-corrected chi connectivity index (χ2v) is 10.7. The minimum Gasteiger partial charge on any atom is -0.493 e. The summed E-state index contributed by atoms with van der Waals surface area (Å²) >= 11 is 12.7. The van der Waals surface area contributed by atoms with E-state index >= 15 is 0 Å². The van der Waals surface area contributed by atoms with Crippen molar-refractivity contribution in [3.8, 4) is 11.5 Å². The van der Waals surface area contributed by atoms with Crippen LogP contribution in [0.2, 0.25) is 10.0 Å². The molecule has 1 atom stereocenters. The fourth-order valence-corrected chi connectivity index (χ4v) is 4.78. The Morgan fingerprint density at radius 3 is 2.19 bits per heavy atom. The van der Waals surface area contributed by atoms with E-state index in [0.29, 0.717) is 40.1 Å². The second kappa shape index (κ2) is 13.0. The van der Waals surface area contributed by atoms with E-state index in [-0.39, 0.29) is 18.1 Å². The molecule has 0 spiro atoms. The Kier molecular flexibility index (Phi) is 10.7. The summed E-state index contributed by atoms with van der Waals surface area (Å²) in [5.74, 6) is -0.309. The van der Waals surface area contributed by atoms with E-state index in [1.54, 1.807) is 31.2 Å². The third kappa shape index (κ3) is 7.41. The highest BCUT2D eigenvalue weighted by atomic mass is 35.5. The molecule has 36 heavy (non-hydrogen) atoms. The Labute approximate surface area is 222 Å². The van der Waals surface area contributed by atoms with Crippen LogP contribution in [0.4, 0.5) is 5.69 Å². The van der Waals surface area contributed by atoms with Crippen molar-refractivity contribution in [2.24, 2.45) is 0 Å². The molecule has 12 heteroatoms. The Bertz CT molecular complexity index is 1170. The van der Waals surface area contributed by atoms with Crippen LogP contribution in [0.15, 0.2) is 36.4 Å². The number of amides is 2. The summed E-state index contributed by atoms with van der Waals surface area (Å²) in [5, 5.41) is 3.41. The van der Waals surface area contributed by atoms with Crippen LogP contribution in [-0.2, 0) is 26.2 Å². The van der Waals surface area contributed by atoms with Crippen molar-refractivity contribution in [2.75, 3.05) is 37.9 Å². The zero-order valence-corrected chi connectivity index (χ0v) is 23.2. The fraction of sp³-hybridized carbons (Fsp3) is 0.417. The lowest BCUT2D eigenvalue weighted by Gasteiger charge is -2.32. The van der Waals surface area contributed by atoms with Crippen molar-refractivity contribution in [3.05, 3.63) is 52.0 Å². The van der Waals surface area contributed by atoms with E-state index in [0.717, 1.165) is 10.6 Å². The van der Waals surface area contributed by atoms with Crippen LogP contribution in [0.25, 0.3) is 0 Å². The summed E-state index contributed by atoms with van der Waals surface area (Å²) in [5.41, 5.74) is 0.642. The second-order valence-electron chi connectivity index (χ2n) is 8.00. The minimum atomic E-state index is -3.90. The lowest BCUT2D eigenvalue weighted by molar-refractivity contribution is -0.139. The lowest BCUT2D eigenvalue weighted by atomic mass is 10.1. The van der Waals surface area contributed by atoms with Gasteiger partial charge in [0.05, 0.1) is 26.2 Å². The van der Waals surface area contributed by atoms with E-state index < -0.39 is 28.5 Å². The zero-order chi connectivity index (χ0) is 27.0. The van der Waals surface area contributed by atoms with Crippen LogP contribution in [0.1, 0.15) is 25.8 Å². The van der Waals surface area contributed by atoms with Gasteiger partial charge in [-0.1, -0.05) is 36.2 Å². The maximum Gasteiger partial charge on any atom is 0.244 e. The number of halogens is 2. The molecule has 2 rings (SSSR count). The molecule has 198 valence electrons. The van der Waals surface area contributed by atoms with Crippen molar-refractivity contribution < 1.29 is 27.5 Å². The Morgan fingerprint density at radius 2 is 1.67 bits per heavy atom. The van der Waals surface area contributed by atoms with Crippen LogP contribution in [0.5, 0.6) is 11.5 Å². The van der Waals surface area contributed by atoms with Gasteiger partial charge in [0.15, 0.2) is 11.5 Å². The molecule has 0 aromatic heterocycles. The average Bonchev–Trinajstić information content (AvgIpc) is 2.84. The van der Waals surface area contributed by atoms with Gasteiger partial charge in [-0.25, -0.2) is 8.42 Å². The standard InChI is InChI=1S/C24H31Cl2N3O6S/c1-6-12-27-24(31)16(2)28(14-18-19(25)8-7-9-20(18)26)23(30)15-29(36(5,32)33)17-10-11-21(34-3)22(13-17)35-4/h7-11,13,16H,6,12,14-15H2,1-5H3,(H,27,31)/t16-/m1/s1. The first-order chi connectivity index (χ1) is 16.9. The summed E-state index contributed by atoms with van der Waals surface area (Å²) in [4.78, 5) is 27.6. The van der Waals surface area contributed by atoms with Gasteiger partial charge in [-0.05, 0) is 37.6 Å². The Morgan fingerprint density at radius 1 is 1.06 bits per heavy atom. The highest BCUT2D eigenvalue weighted by Gasteiger charge is 2.31. The van der Waals surface area contributed by atoms with Gasteiger partial charge in [-0.15, -0.1) is 0 Å². The van der Waals surface area contributed by atoms with Gasteiger partial charge < -0.3 is 19.7 Å². The number of anilines is 1. The number of hydrogen-bond donors (Lipinski definition) is 1. The van der Waals surface area contributed by atoms with Crippen LogP contribution in [0, 0.1) is 0 Å². The predicted molar refractivity (Wildman–Crippen MR) is 142 cm³/mol. The molecule has 0 aliphatic rings. The molecule has 0 fully saturated rings. The Balaban J connectivity index is 2.48. The van der Waals surface area contributed by atoms with Gasteiger partial charge in [0.1, 0.15) is 12.6 Å². The maximum absolute atomic E-state index is 13.6. The molecule has 0 aliphatic carbocycles. The molecular weight excluding hydrogens is 529 g/mol. The number of carbonyl (C=O) groups excluding carboxylic acids is 2. The molecule has 0 saturated carbocycles. The molecule has 2 aromatic rings. The van der Waals surface area contributed by atoms with Gasteiger partial charge in [-0.2, -0.15) is 0 Å². The van der Waals surface area contributed by atoms with Crippen LogP contribution >= 0.6 is 23.2 Å². The van der Waals surface area contributed by atoms with E-state index in [4.69, 9.17) is 32.7 Å². The fourth-order valence-electron chi connectivity index (χ4n) is 3.43. The number of hydrogen-bond acceptors (Lipinski definition) is 6. The van der Waals surface area contributed by atoms with Crippen molar-refractivity contribution in [1.29, 1.82) is 0 Å². The Hall–Kier alpha value is -2.69. The summed E-state index contributed by atoms with van der Waals surface area (Å²) in [6.45, 7) is 3.24. The largest absolute Gasteiger partial charge is 0.493 e. The molecule has 2 amide bonds. The molecule has 0 bridgehead atoms. The van der Waals surface area contributed by atoms with E-state index in [9.17, 15) is 18.0 Å². The average molecular weight is 561 g/mol. The van der Waals surface area contributed by atoms with Crippen LogP contribution in [0.3, 0.4) is 0 Å². The van der Waals surface area contributed by atoms with Crippen molar-refractivity contribution in [1.82, 2.24) is 10.2 Å². The van der Waals surface area contributed by atoms with Crippen molar-refractivity contribution in [2.45, 2.75) is 32.9 Å². The van der Waals surface area contributed by atoms with Crippen molar-refractivity contribution >= 4 is 50.7 Å². The van der Waals surface area contributed by atoms with E-state index in [1.807, 2.05) is 6.92 Å². The molecular formula is C24H31Cl2N3O6S. The summed E-state index contributed by atoms with van der Waals surface area (Å²) < 4.78 is 36.9. The number of ether oxygens (including phenoxy) is 2. The van der Waals surface area contributed by atoms with Gasteiger partial charge in [0, 0.05) is 34.8 Å². The maximum atomic E-state index is 13.6. The third-order valence-corrected chi connectivity index (χ3v) is 7.29. The smallest absolute Gasteiger partial charge is 0.244 e. The number of rotatable bonds is 12. The van der Waals surface area contributed by atoms with Gasteiger partial charge >= 0.3 is 0 Å². The minimum absolute atomic E-state index is 0.0956. The highest BCUT2D eigenvalue weighted by molar-refractivity contribution is 7.92. The molecule has 1 N–H and O–H groups in total. The molecule has 0 heterocycles. The number of nitrogens with zero attached hydrogens (tertiary/aromatic N) is 2. The zero-order valence-electron chi connectivity index (χ0n) is 20.9. The molecule has 0 unspecified atom stereocenters. The molecule has 2 aromatic carbocycles. The van der Waals surface area contributed by atoms with Crippen molar-refractivity contribution in [3.63, 3.8) is 0 Å². The number of benzene rings is 2. The summed E-state index contributed by atoms with van der Waals surface area (Å²) in [6.07, 6.45) is 1.70. The third-order valence-electron chi connectivity index (χ3n) is 5.44. The first-order valence-corrected chi connectivity index (χ1v) is 13.7. The normalized spacial score (nSPS) is 12.0. The molecule has 0 saturated heterocycles. The van der Waals surface area contributed by atoms with E-state index in [2.05, 4.69) is 5.32 Å². The van der Waals surface area contributed by atoms with Gasteiger partial charge in [0.2, 0.25) is 21.8 Å². The lowest BCUT2D eigenvalue weighted by Crippen LogP contribution is -2.51. The van der Waals surface area contributed by atoms with E-state index in [1.165, 1.54) is 31.3 Å². The first-order valence-electron chi connectivity index (χ1n) is 11.1. The number of sulfonamides is 1.